The molecule has 6 nitrogen and oxygen atoms in total. The summed E-state index contributed by atoms with van der Waals surface area (Å²) >= 11 is 0. The van der Waals surface area contributed by atoms with Gasteiger partial charge >= 0.3 is 5.97 Å². The number of carbonyl (C=O) groups excluding carboxylic acids is 1. The van der Waals surface area contributed by atoms with E-state index in [1.807, 2.05) is 0 Å². The highest BCUT2D eigenvalue weighted by Crippen LogP contribution is 2.09. The van der Waals surface area contributed by atoms with Crippen molar-refractivity contribution in [3.63, 3.8) is 0 Å². The lowest BCUT2D eigenvalue weighted by molar-refractivity contribution is -0.115. The van der Waals surface area contributed by atoms with Gasteiger partial charge in [0.1, 0.15) is 5.69 Å². The minimum absolute atomic E-state index is 0.112. The molecule has 0 atom stereocenters. The van der Waals surface area contributed by atoms with Crippen molar-refractivity contribution in [3.05, 3.63) is 54.1 Å². The second-order valence-corrected chi connectivity index (χ2v) is 3.82. The van der Waals surface area contributed by atoms with Gasteiger partial charge in [0, 0.05) is 24.3 Å². The smallest absolute Gasteiger partial charge is 0.354 e. The Bertz CT molecular complexity index is 599. The van der Waals surface area contributed by atoms with Crippen molar-refractivity contribution in [1.82, 2.24) is 9.97 Å². The number of aromatic carboxylic acids is 1. The fourth-order valence-corrected chi connectivity index (χ4v) is 1.52. The lowest BCUT2D eigenvalue weighted by Gasteiger charge is -2.05. The molecule has 0 fully saturated rings. The van der Waals surface area contributed by atoms with E-state index in [-0.39, 0.29) is 18.0 Å². The quantitative estimate of drug-likeness (QED) is 0.862. The molecule has 0 aliphatic heterocycles. The summed E-state index contributed by atoms with van der Waals surface area (Å²) in [5, 5.41) is 11.4. The van der Waals surface area contributed by atoms with E-state index >= 15 is 0 Å². The molecule has 1 amide bonds. The van der Waals surface area contributed by atoms with Crippen LogP contribution in [0.3, 0.4) is 0 Å². The zero-order valence-corrected chi connectivity index (χ0v) is 9.91. The number of carboxylic acid groups (broad SMARTS) is 1. The molecule has 96 valence electrons. The van der Waals surface area contributed by atoms with Gasteiger partial charge in [0.05, 0.1) is 6.42 Å². The first-order valence-corrected chi connectivity index (χ1v) is 5.53. The van der Waals surface area contributed by atoms with Crippen LogP contribution in [0.25, 0.3) is 0 Å². The van der Waals surface area contributed by atoms with Crippen molar-refractivity contribution in [2.75, 3.05) is 5.32 Å². The average molecular weight is 257 g/mol. The number of hydrogen-bond donors (Lipinski definition) is 2. The fraction of sp³-hybridized carbons (Fsp3) is 0.0769. The molecule has 6 heteroatoms. The minimum atomic E-state index is -1.14. The molecule has 0 radical (unpaired) electrons. The Balaban J connectivity index is 2.03. The van der Waals surface area contributed by atoms with Gasteiger partial charge in [-0.1, -0.05) is 6.07 Å². The number of hydrogen-bond acceptors (Lipinski definition) is 4. The molecular formula is C13H11N3O3. The Kier molecular flexibility index (Phi) is 3.82. The van der Waals surface area contributed by atoms with Crippen molar-refractivity contribution < 1.29 is 14.7 Å². The molecule has 2 aromatic heterocycles. The van der Waals surface area contributed by atoms with Crippen molar-refractivity contribution in [2.45, 2.75) is 6.42 Å². The van der Waals surface area contributed by atoms with Crippen LogP contribution in [0.1, 0.15) is 16.1 Å². The van der Waals surface area contributed by atoms with Gasteiger partial charge < -0.3 is 10.4 Å². The van der Waals surface area contributed by atoms with Crippen molar-refractivity contribution in [2.24, 2.45) is 0 Å². The summed E-state index contributed by atoms with van der Waals surface area (Å²) in [7, 11) is 0. The molecular weight excluding hydrogens is 246 g/mol. The Morgan fingerprint density at radius 2 is 2.11 bits per heavy atom. The number of nitrogens with zero attached hydrogens (tertiary/aromatic N) is 2. The van der Waals surface area contributed by atoms with Gasteiger partial charge in [-0.3, -0.25) is 9.78 Å². The van der Waals surface area contributed by atoms with E-state index in [1.165, 1.54) is 18.3 Å². The monoisotopic (exact) mass is 257 g/mol. The molecule has 0 aromatic carbocycles. The number of carbonyl (C=O) groups is 2. The maximum Gasteiger partial charge on any atom is 0.354 e. The molecule has 0 saturated heterocycles. The van der Waals surface area contributed by atoms with Crippen molar-refractivity contribution in [1.29, 1.82) is 0 Å². The maximum absolute atomic E-state index is 11.8. The van der Waals surface area contributed by atoms with E-state index in [0.29, 0.717) is 5.69 Å². The molecule has 2 rings (SSSR count). The fourth-order valence-electron chi connectivity index (χ4n) is 1.52. The number of aromatic nitrogens is 2. The van der Waals surface area contributed by atoms with Crippen LogP contribution in [0, 0.1) is 0 Å². The Morgan fingerprint density at radius 1 is 1.26 bits per heavy atom. The highest BCUT2D eigenvalue weighted by atomic mass is 16.4. The zero-order chi connectivity index (χ0) is 13.7. The molecule has 0 unspecified atom stereocenters. The number of pyridine rings is 2. The first kappa shape index (κ1) is 12.7. The molecule has 2 N–H and O–H groups in total. The molecule has 0 spiro atoms. The summed E-state index contributed by atoms with van der Waals surface area (Å²) in [5.41, 5.74) is 1.08. The molecule has 19 heavy (non-hydrogen) atoms. The minimum Gasteiger partial charge on any atom is -0.477 e. The molecule has 2 aromatic rings. The summed E-state index contributed by atoms with van der Waals surface area (Å²) in [4.78, 5) is 30.1. The predicted octanol–water partition coefficient (Wildman–Crippen LogP) is 1.36. The number of rotatable bonds is 4. The van der Waals surface area contributed by atoms with E-state index in [4.69, 9.17) is 5.11 Å². The second-order valence-electron chi connectivity index (χ2n) is 3.82. The lowest BCUT2D eigenvalue weighted by atomic mass is 10.2. The maximum atomic E-state index is 11.8. The summed E-state index contributed by atoms with van der Waals surface area (Å²) < 4.78 is 0. The molecule has 0 aliphatic rings. The Hall–Kier alpha value is -2.76. The van der Waals surface area contributed by atoms with E-state index in [1.54, 1.807) is 24.5 Å². The molecule has 0 saturated carbocycles. The van der Waals surface area contributed by atoms with E-state index in [2.05, 4.69) is 15.3 Å². The Morgan fingerprint density at radius 3 is 2.79 bits per heavy atom. The van der Waals surface area contributed by atoms with Gasteiger partial charge in [-0.25, -0.2) is 9.78 Å². The molecule has 0 bridgehead atoms. The summed E-state index contributed by atoms with van der Waals surface area (Å²) in [6, 6.07) is 6.39. The second kappa shape index (κ2) is 5.72. The number of amides is 1. The van der Waals surface area contributed by atoms with Gasteiger partial charge in [0.2, 0.25) is 5.91 Å². The van der Waals surface area contributed by atoms with Crippen LogP contribution in [-0.4, -0.2) is 27.0 Å². The first-order valence-electron chi connectivity index (χ1n) is 5.53. The third kappa shape index (κ3) is 3.60. The Labute approximate surface area is 109 Å². The van der Waals surface area contributed by atoms with E-state index in [0.717, 1.165) is 5.56 Å². The van der Waals surface area contributed by atoms with Crippen LogP contribution in [0.2, 0.25) is 0 Å². The van der Waals surface area contributed by atoms with Gasteiger partial charge in [-0.05, 0) is 23.8 Å². The highest BCUT2D eigenvalue weighted by Gasteiger charge is 2.08. The molecule has 0 aliphatic carbocycles. The summed E-state index contributed by atoms with van der Waals surface area (Å²) in [6.45, 7) is 0. The first-order chi connectivity index (χ1) is 9.15. The van der Waals surface area contributed by atoms with Crippen LogP contribution < -0.4 is 5.32 Å². The summed E-state index contributed by atoms with van der Waals surface area (Å²) in [5.74, 6) is -1.38. The van der Waals surface area contributed by atoms with Gasteiger partial charge in [-0.2, -0.15) is 0 Å². The third-order valence-corrected chi connectivity index (χ3v) is 2.35. The summed E-state index contributed by atoms with van der Waals surface area (Å²) in [6.07, 6.45) is 4.75. The SMILES string of the molecule is O=C(Cc1cccnc1)Nc1ccnc(C(=O)O)c1. The van der Waals surface area contributed by atoms with Gasteiger partial charge in [0.25, 0.3) is 0 Å². The topological polar surface area (TPSA) is 92.2 Å². The number of carboxylic acids is 1. The average Bonchev–Trinajstić information content (AvgIpc) is 2.40. The normalized spacial score (nSPS) is 9.89. The number of nitrogens with one attached hydrogen (secondary N) is 1. The van der Waals surface area contributed by atoms with Crippen molar-refractivity contribution in [3.8, 4) is 0 Å². The van der Waals surface area contributed by atoms with Crippen molar-refractivity contribution >= 4 is 17.6 Å². The van der Waals surface area contributed by atoms with E-state index < -0.39 is 5.97 Å². The molecule has 2 heterocycles. The van der Waals surface area contributed by atoms with Crippen LogP contribution in [0.15, 0.2) is 42.9 Å². The van der Waals surface area contributed by atoms with Crippen LogP contribution >= 0.6 is 0 Å². The van der Waals surface area contributed by atoms with Crippen LogP contribution in [-0.2, 0) is 11.2 Å². The standard InChI is InChI=1S/C13H11N3O3/c17-12(6-9-2-1-4-14-8-9)16-10-3-5-15-11(7-10)13(18)19/h1-5,7-8H,6H2,(H,18,19)(H,15,16,17). The third-order valence-electron chi connectivity index (χ3n) is 2.35. The van der Waals surface area contributed by atoms with Gasteiger partial charge in [0.15, 0.2) is 0 Å². The number of anilines is 1. The lowest BCUT2D eigenvalue weighted by Crippen LogP contribution is -2.15. The van der Waals surface area contributed by atoms with Crippen LogP contribution in [0.5, 0.6) is 0 Å². The predicted molar refractivity (Wildman–Crippen MR) is 67.8 cm³/mol. The zero-order valence-electron chi connectivity index (χ0n) is 9.91. The van der Waals surface area contributed by atoms with E-state index in [9.17, 15) is 9.59 Å². The van der Waals surface area contributed by atoms with Gasteiger partial charge in [-0.15, -0.1) is 0 Å². The van der Waals surface area contributed by atoms with Crippen LogP contribution in [0.4, 0.5) is 5.69 Å². The largest absolute Gasteiger partial charge is 0.477 e. The highest BCUT2D eigenvalue weighted by molar-refractivity contribution is 5.93.